The monoisotopic (exact) mass is 695 g/mol. The van der Waals surface area contributed by atoms with Gasteiger partial charge in [0.1, 0.15) is 23.9 Å². The zero-order valence-electron chi connectivity index (χ0n) is 30.0. The van der Waals surface area contributed by atoms with Crippen molar-refractivity contribution in [1.82, 2.24) is 46.8 Å². The van der Waals surface area contributed by atoms with E-state index >= 15 is 0 Å². The highest BCUT2D eigenvalue weighted by Crippen LogP contribution is 2.21. The quantitative estimate of drug-likeness (QED) is 0.107. The molecule has 5 N–H and O–H groups in total. The molecule has 50 heavy (non-hydrogen) atoms. The zero-order chi connectivity index (χ0) is 36.8. The number of amides is 5. The molecule has 0 radical (unpaired) electrons. The Hall–Kier alpha value is -4.69. The number of aromatic nitrogens is 4. The van der Waals surface area contributed by atoms with Gasteiger partial charge in [0.2, 0.25) is 29.4 Å². The lowest BCUT2D eigenvalue weighted by atomic mass is 9.98. The molecule has 274 valence electrons. The molecule has 1 aliphatic heterocycles. The van der Waals surface area contributed by atoms with Crippen LogP contribution in [0.5, 0.6) is 0 Å². The van der Waals surface area contributed by atoms with E-state index in [0.717, 1.165) is 5.56 Å². The number of carbonyl (C=O) groups is 6. The first kappa shape index (κ1) is 39.7. The van der Waals surface area contributed by atoms with Crippen LogP contribution in [0.1, 0.15) is 104 Å². The first-order chi connectivity index (χ1) is 23.8. The fourth-order valence-electron chi connectivity index (χ4n) is 5.96. The maximum Gasteiger partial charge on any atom is 0.290 e. The van der Waals surface area contributed by atoms with Crippen LogP contribution in [-0.4, -0.2) is 91.6 Å². The van der Waals surface area contributed by atoms with Crippen LogP contribution in [0.4, 0.5) is 0 Å². The summed E-state index contributed by atoms with van der Waals surface area (Å²) >= 11 is 0. The highest BCUT2D eigenvalue weighted by Gasteiger charge is 2.41. The predicted octanol–water partition coefficient (Wildman–Crippen LogP) is 1.92. The van der Waals surface area contributed by atoms with E-state index in [-0.39, 0.29) is 30.6 Å². The largest absolute Gasteiger partial charge is 0.344 e. The number of nitrogens with zero attached hydrogens (tertiary/aromatic N) is 4. The molecule has 0 spiro atoms. The second kappa shape index (κ2) is 19.5. The molecular weight excluding hydrogens is 642 g/mol. The Morgan fingerprint density at radius 3 is 2.22 bits per heavy atom. The van der Waals surface area contributed by atoms with Crippen molar-refractivity contribution in [3.63, 3.8) is 0 Å². The van der Waals surface area contributed by atoms with Crippen LogP contribution in [0.3, 0.4) is 0 Å². The van der Waals surface area contributed by atoms with Gasteiger partial charge in [-0.05, 0) is 66.9 Å². The van der Waals surface area contributed by atoms with E-state index in [1.54, 1.807) is 20.8 Å². The number of likely N-dealkylation sites (tertiary alicyclic amines) is 1. The fourth-order valence-corrected chi connectivity index (χ4v) is 5.96. The standard InChI is InChI=1S/C35H53N9O6/c1-7-14-25(31(46)34(49)36-23(6)24-15-9-8-10-16-24)37-32(47)26-17-13-20-44(26)35(50)30(22(4)5)39-33(48)29(21(2)3)38-28(45)19-12-11-18-27-40-42-43-41-27/h8-10,15-16,21-23,25-26,29-30H,7,11-14,17-20H2,1-6H3,(H,36,49)(H,37,47)(H,38,45)(H,39,48)(H,40,41,42,43)/t23-,25?,26?,29-,30-/m0/s1. The van der Waals surface area contributed by atoms with Gasteiger partial charge in [-0.15, -0.1) is 5.10 Å². The van der Waals surface area contributed by atoms with E-state index in [2.05, 4.69) is 41.9 Å². The van der Waals surface area contributed by atoms with Crippen molar-refractivity contribution in [2.24, 2.45) is 11.8 Å². The average Bonchev–Trinajstić information content (AvgIpc) is 3.80. The number of aryl methyl sites for hydroxylation is 1. The Morgan fingerprint density at radius 1 is 0.900 bits per heavy atom. The van der Waals surface area contributed by atoms with Crippen LogP contribution < -0.4 is 21.3 Å². The van der Waals surface area contributed by atoms with Crippen molar-refractivity contribution in [3.05, 3.63) is 41.7 Å². The van der Waals surface area contributed by atoms with E-state index in [9.17, 15) is 28.8 Å². The Bertz CT molecular complexity index is 1430. The van der Waals surface area contributed by atoms with Crippen LogP contribution in [-0.2, 0) is 35.2 Å². The van der Waals surface area contributed by atoms with Crippen molar-refractivity contribution in [2.45, 2.75) is 123 Å². The van der Waals surface area contributed by atoms with Gasteiger partial charge in [0, 0.05) is 19.4 Å². The first-order valence-corrected chi connectivity index (χ1v) is 17.7. The van der Waals surface area contributed by atoms with Crippen molar-refractivity contribution in [3.8, 4) is 0 Å². The average molecular weight is 696 g/mol. The number of nitrogens with one attached hydrogen (secondary N) is 5. The number of unbranched alkanes of at least 4 members (excludes halogenated alkanes) is 1. The first-order valence-electron chi connectivity index (χ1n) is 17.7. The zero-order valence-corrected chi connectivity index (χ0v) is 30.0. The molecular formula is C35H53N9O6. The summed E-state index contributed by atoms with van der Waals surface area (Å²) in [6, 6.07) is 5.09. The predicted molar refractivity (Wildman–Crippen MR) is 185 cm³/mol. The molecule has 3 rings (SSSR count). The summed E-state index contributed by atoms with van der Waals surface area (Å²) < 4.78 is 0. The number of tetrazole rings is 1. The summed E-state index contributed by atoms with van der Waals surface area (Å²) in [6.45, 7) is 11.1. The molecule has 5 amide bonds. The molecule has 1 aromatic carbocycles. The minimum Gasteiger partial charge on any atom is -0.344 e. The molecule has 5 atom stereocenters. The highest BCUT2D eigenvalue weighted by atomic mass is 16.2. The summed E-state index contributed by atoms with van der Waals surface area (Å²) in [5.41, 5.74) is 0.840. The number of Topliss-reactive ketones (excluding diaryl/α,β-unsaturated/α-hetero) is 1. The van der Waals surface area contributed by atoms with Crippen molar-refractivity contribution in [1.29, 1.82) is 0 Å². The van der Waals surface area contributed by atoms with Gasteiger partial charge in [-0.2, -0.15) is 0 Å². The SMILES string of the molecule is CCCC(NC(=O)C1CCCN1C(=O)[C@@H](NC(=O)[C@@H](NC(=O)CCCCc1nnn[nH]1)C(C)C)C(C)C)C(=O)C(=O)N[C@@H](C)c1ccccc1. The molecule has 2 aromatic rings. The smallest absolute Gasteiger partial charge is 0.290 e. The van der Waals surface area contributed by atoms with Gasteiger partial charge >= 0.3 is 0 Å². The number of hydrogen-bond acceptors (Lipinski definition) is 9. The van der Waals surface area contributed by atoms with Gasteiger partial charge in [0.15, 0.2) is 0 Å². The molecule has 0 saturated carbocycles. The summed E-state index contributed by atoms with van der Waals surface area (Å²) in [5.74, 6) is -3.20. The Kier molecular flexibility index (Phi) is 15.5. The maximum atomic E-state index is 13.9. The number of aromatic amines is 1. The number of hydrogen-bond donors (Lipinski definition) is 5. The second-order valence-electron chi connectivity index (χ2n) is 13.6. The van der Waals surface area contributed by atoms with Crippen molar-refractivity contribution in [2.75, 3.05) is 6.54 Å². The number of ketones is 1. The fraction of sp³-hybridized carbons (Fsp3) is 0.629. The van der Waals surface area contributed by atoms with Gasteiger partial charge in [-0.25, -0.2) is 5.10 Å². The van der Waals surface area contributed by atoms with E-state index in [1.807, 2.05) is 51.1 Å². The minimum absolute atomic E-state index is 0.213. The summed E-state index contributed by atoms with van der Waals surface area (Å²) in [6.07, 6.45) is 3.80. The van der Waals surface area contributed by atoms with Crippen LogP contribution in [0.25, 0.3) is 0 Å². The third kappa shape index (κ3) is 11.4. The Balaban J connectivity index is 1.61. The molecule has 15 nitrogen and oxygen atoms in total. The van der Waals surface area contributed by atoms with Crippen molar-refractivity contribution >= 4 is 35.3 Å². The maximum absolute atomic E-state index is 13.9. The second-order valence-corrected chi connectivity index (χ2v) is 13.6. The van der Waals surface area contributed by atoms with E-state index in [1.165, 1.54) is 4.90 Å². The molecule has 15 heteroatoms. The summed E-state index contributed by atoms with van der Waals surface area (Å²) in [4.78, 5) is 81.3. The van der Waals surface area contributed by atoms with E-state index in [4.69, 9.17) is 0 Å². The topological polar surface area (TPSA) is 208 Å². The van der Waals surface area contributed by atoms with E-state index in [0.29, 0.717) is 50.9 Å². The molecule has 1 fully saturated rings. The molecule has 1 aromatic heterocycles. The van der Waals surface area contributed by atoms with Gasteiger partial charge < -0.3 is 26.2 Å². The van der Waals surface area contributed by atoms with E-state index < -0.39 is 59.6 Å². The van der Waals surface area contributed by atoms with Gasteiger partial charge in [0.25, 0.3) is 5.91 Å². The number of H-pyrrole nitrogens is 1. The van der Waals surface area contributed by atoms with Crippen LogP contribution in [0.15, 0.2) is 30.3 Å². The minimum atomic E-state index is -1.05. The normalized spacial score (nSPS) is 16.7. The molecule has 1 aliphatic rings. The van der Waals surface area contributed by atoms with Crippen LogP contribution in [0.2, 0.25) is 0 Å². The lowest BCUT2D eigenvalue weighted by Gasteiger charge is -2.32. The molecule has 1 saturated heterocycles. The lowest BCUT2D eigenvalue weighted by molar-refractivity contribution is -0.144. The Morgan fingerprint density at radius 2 is 1.60 bits per heavy atom. The number of rotatable bonds is 19. The molecule has 2 unspecified atom stereocenters. The third-order valence-electron chi connectivity index (χ3n) is 8.87. The third-order valence-corrected chi connectivity index (χ3v) is 8.87. The lowest BCUT2D eigenvalue weighted by Crippen LogP contribution is -2.59. The molecule has 0 aliphatic carbocycles. The van der Waals surface area contributed by atoms with Crippen LogP contribution >= 0.6 is 0 Å². The summed E-state index contributed by atoms with van der Waals surface area (Å²) in [5, 5.41) is 24.7. The number of benzene rings is 1. The highest BCUT2D eigenvalue weighted by molar-refractivity contribution is 6.38. The van der Waals surface area contributed by atoms with Gasteiger partial charge in [0.05, 0.1) is 12.1 Å². The van der Waals surface area contributed by atoms with Crippen molar-refractivity contribution < 1.29 is 28.8 Å². The number of carbonyl (C=O) groups excluding carboxylic acids is 6. The van der Waals surface area contributed by atoms with Crippen LogP contribution in [0, 0.1) is 11.8 Å². The molecule has 0 bridgehead atoms. The van der Waals surface area contributed by atoms with Gasteiger partial charge in [-0.1, -0.05) is 71.4 Å². The van der Waals surface area contributed by atoms with Gasteiger partial charge in [-0.3, -0.25) is 28.8 Å². The molecule has 2 heterocycles. The Labute approximate surface area is 293 Å². The summed E-state index contributed by atoms with van der Waals surface area (Å²) in [7, 11) is 0.